The lowest BCUT2D eigenvalue weighted by Crippen LogP contribution is -2.32. The van der Waals surface area contributed by atoms with Crippen LogP contribution >= 0.6 is 15.9 Å². The lowest BCUT2D eigenvalue weighted by atomic mass is 10.3. The zero-order chi connectivity index (χ0) is 13.2. The summed E-state index contributed by atoms with van der Waals surface area (Å²) >= 11 is 2.89. The van der Waals surface area contributed by atoms with E-state index >= 15 is 0 Å². The van der Waals surface area contributed by atoms with Gasteiger partial charge in [-0.2, -0.15) is 0 Å². The summed E-state index contributed by atoms with van der Waals surface area (Å²) < 4.78 is 38.1. The molecule has 0 aliphatic carbocycles. The Balaban J connectivity index is 2.98. The predicted octanol–water partition coefficient (Wildman–Crippen LogP) is 1.80. The molecule has 0 saturated carbocycles. The zero-order valence-electron chi connectivity index (χ0n) is 8.65. The maximum atomic E-state index is 12.9. The van der Waals surface area contributed by atoms with Gasteiger partial charge in [0.15, 0.2) is 5.25 Å². The minimum atomic E-state index is -4.04. The Bertz CT molecular complexity index is 546. The van der Waals surface area contributed by atoms with Crippen LogP contribution in [-0.4, -0.2) is 24.7 Å². The number of hydrogen-bond donors (Lipinski definition) is 2. The van der Waals surface area contributed by atoms with Crippen molar-refractivity contribution in [3.63, 3.8) is 0 Å². The lowest BCUT2D eigenvalue weighted by molar-refractivity contribution is -0.136. The van der Waals surface area contributed by atoms with Gasteiger partial charge in [-0.3, -0.25) is 9.52 Å². The predicted molar refractivity (Wildman–Crippen MR) is 63.7 cm³/mol. The molecule has 17 heavy (non-hydrogen) atoms. The maximum absolute atomic E-state index is 12.9. The molecule has 2 N–H and O–H groups in total. The van der Waals surface area contributed by atoms with Crippen LogP contribution in [0, 0.1) is 5.82 Å². The number of aliphatic carboxylic acids is 1. The Morgan fingerprint density at radius 1 is 1.53 bits per heavy atom. The fraction of sp³-hybridized carbons (Fsp3) is 0.222. The summed E-state index contributed by atoms with van der Waals surface area (Å²) in [5.74, 6) is -2.00. The minimum Gasteiger partial charge on any atom is -0.480 e. The number of nitrogens with one attached hydrogen (secondary N) is 1. The van der Waals surface area contributed by atoms with Gasteiger partial charge in [0.05, 0.1) is 4.47 Å². The molecule has 0 radical (unpaired) electrons. The van der Waals surface area contributed by atoms with Crippen molar-refractivity contribution < 1.29 is 22.7 Å². The normalized spacial score (nSPS) is 13.1. The second kappa shape index (κ2) is 5.01. The molecule has 1 unspecified atom stereocenters. The van der Waals surface area contributed by atoms with E-state index in [1.807, 2.05) is 0 Å². The third-order valence-electron chi connectivity index (χ3n) is 1.99. The van der Waals surface area contributed by atoms with Gasteiger partial charge in [0.2, 0.25) is 10.0 Å². The van der Waals surface area contributed by atoms with Crippen molar-refractivity contribution in [1.29, 1.82) is 0 Å². The van der Waals surface area contributed by atoms with Crippen molar-refractivity contribution in [3.8, 4) is 0 Å². The van der Waals surface area contributed by atoms with E-state index in [2.05, 4.69) is 20.7 Å². The summed E-state index contributed by atoms with van der Waals surface area (Å²) in [4.78, 5) is 10.6. The summed E-state index contributed by atoms with van der Waals surface area (Å²) in [6.45, 7) is 1.04. The van der Waals surface area contributed by atoms with E-state index in [1.165, 1.54) is 12.1 Å². The molecule has 5 nitrogen and oxygen atoms in total. The summed E-state index contributed by atoms with van der Waals surface area (Å²) in [5, 5.41) is 7.01. The first-order chi connectivity index (χ1) is 7.74. The van der Waals surface area contributed by atoms with Crippen molar-refractivity contribution in [2.45, 2.75) is 12.2 Å². The van der Waals surface area contributed by atoms with Crippen LogP contribution in [0.5, 0.6) is 0 Å². The highest BCUT2D eigenvalue weighted by Crippen LogP contribution is 2.21. The van der Waals surface area contributed by atoms with Crippen molar-refractivity contribution in [2.75, 3.05) is 4.72 Å². The van der Waals surface area contributed by atoms with E-state index in [1.54, 1.807) is 0 Å². The topological polar surface area (TPSA) is 83.5 Å². The first-order valence-electron chi connectivity index (χ1n) is 4.43. The number of benzene rings is 1. The van der Waals surface area contributed by atoms with Gasteiger partial charge in [0.25, 0.3) is 0 Å². The Morgan fingerprint density at radius 3 is 2.59 bits per heavy atom. The summed E-state index contributed by atoms with van der Waals surface area (Å²) in [7, 11) is -4.04. The molecule has 1 aromatic rings. The number of sulfonamides is 1. The van der Waals surface area contributed by atoms with Crippen molar-refractivity contribution in [2.24, 2.45) is 0 Å². The molecule has 0 spiro atoms. The van der Waals surface area contributed by atoms with Gasteiger partial charge in [-0.1, -0.05) is 0 Å². The number of hydrogen-bond acceptors (Lipinski definition) is 3. The molecular formula is C9H9BrFNO4S. The van der Waals surface area contributed by atoms with Crippen LogP contribution in [0.1, 0.15) is 6.92 Å². The second-order valence-electron chi connectivity index (χ2n) is 3.26. The molecule has 1 rings (SSSR count). The molecule has 0 saturated heterocycles. The number of rotatable bonds is 4. The van der Waals surface area contributed by atoms with E-state index in [9.17, 15) is 17.6 Å². The quantitative estimate of drug-likeness (QED) is 0.884. The number of carbonyl (C=O) groups is 1. The van der Waals surface area contributed by atoms with Gasteiger partial charge >= 0.3 is 5.97 Å². The van der Waals surface area contributed by atoms with Crippen molar-refractivity contribution in [1.82, 2.24) is 0 Å². The Morgan fingerprint density at radius 2 is 2.12 bits per heavy atom. The fourth-order valence-electron chi connectivity index (χ4n) is 0.945. The third-order valence-corrected chi connectivity index (χ3v) is 4.25. The lowest BCUT2D eigenvalue weighted by Gasteiger charge is -2.11. The molecule has 0 aliphatic rings. The third kappa shape index (κ3) is 3.40. The molecule has 0 aromatic heterocycles. The van der Waals surface area contributed by atoms with E-state index in [4.69, 9.17) is 5.11 Å². The second-order valence-corrected chi connectivity index (χ2v) is 6.11. The Labute approximate surface area is 106 Å². The smallest absolute Gasteiger partial charge is 0.323 e. The summed E-state index contributed by atoms with van der Waals surface area (Å²) in [5.41, 5.74) is 0.0892. The molecular weight excluding hydrogens is 317 g/mol. The minimum absolute atomic E-state index is 0.0840. The molecule has 0 fully saturated rings. The Hall–Kier alpha value is -1.15. The zero-order valence-corrected chi connectivity index (χ0v) is 11.0. The van der Waals surface area contributed by atoms with Crippen LogP contribution in [0.15, 0.2) is 22.7 Å². The molecule has 0 aliphatic heterocycles. The molecule has 1 atom stereocenters. The largest absolute Gasteiger partial charge is 0.480 e. The highest BCUT2D eigenvalue weighted by atomic mass is 79.9. The highest BCUT2D eigenvalue weighted by molar-refractivity contribution is 9.10. The monoisotopic (exact) mass is 325 g/mol. The number of carboxylic acids is 1. The standard InChI is InChI=1S/C9H9BrFNO4S/c1-5(9(13)14)17(15,16)12-6-2-3-8(11)7(10)4-6/h2-5,12H,1H3,(H,13,14). The van der Waals surface area contributed by atoms with Gasteiger partial charge < -0.3 is 5.11 Å². The van der Waals surface area contributed by atoms with Crippen LogP contribution in [0.25, 0.3) is 0 Å². The van der Waals surface area contributed by atoms with Gasteiger partial charge in [0.1, 0.15) is 5.82 Å². The molecule has 94 valence electrons. The van der Waals surface area contributed by atoms with Crippen LogP contribution in [0.4, 0.5) is 10.1 Å². The van der Waals surface area contributed by atoms with Crippen LogP contribution in [0.3, 0.4) is 0 Å². The highest BCUT2D eigenvalue weighted by Gasteiger charge is 2.27. The number of carboxylic acid groups (broad SMARTS) is 1. The maximum Gasteiger partial charge on any atom is 0.323 e. The SMILES string of the molecule is CC(C(=O)O)S(=O)(=O)Nc1ccc(F)c(Br)c1. The molecule has 0 bridgehead atoms. The Kier molecular flexibility index (Phi) is 4.10. The van der Waals surface area contributed by atoms with Gasteiger partial charge in [-0.05, 0) is 41.1 Å². The molecule has 8 heteroatoms. The molecule has 1 aromatic carbocycles. The fourth-order valence-corrected chi connectivity index (χ4v) is 2.22. The van der Waals surface area contributed by atoms with Gasteiger partial charge in [0, 0.05) is 5.69 Å². The molecule has 0 amide bonds. The first kappa shape index (κ1) is 13.9. The van der Waals surface area contributed by atoms with E-state index in [-0.39, 0.29) is 10.2 Å². The van der Waals surface area contributed by atoms with Crippen LogP contribution in [-0.2, 0) is 14.8 Å². The summed E-state index contributed by atoms with van der Waals surface area (Å²) in [6, 6.07) is 3.47. The summed E-state index contributed by atoms with van der Waals surface area (Å²) in [6.07, 6.45) is 0. The average molecular weight is 326 g/mol. The van der Waals surface area contributed by atoms with Crippen molar-refractivity contribution >= 4 is 37.6 Å². The number of anilines is 1. The average Bonchev–Trinajstić information content (AvgIpc) is 2.22. The van der Waals surface area contributed by atoms with E-state index < -0.39 is 27.1 Å². The van der Waals surface area contributed by atoms with Gasteiger partial charge in [-0.25, -0.2) is 12.8 Å². The molecule has 0 heterocycles. The van der Waals surface area contributed by atoms with E-state index in [0.717, 1.165) is 13.0 Å². The number of halogens is 2. The van der Waals surface area contributed by atoms with Crippen molar-refractivity contribution in [3.05, 3.63) is 28.5 Å². The van der Waals surface area contributed by atoms with E-state index in [0.29, 0.717) is 0 Å². The van der Waals surface area contributed by atoms with Crippen LogP contribution < -0.4 is 4.72 Å². The first-order valence-corrected chi connectivity index (χ1v) is 6.77. The van der Waals surface area contributed by atoms with Crippen LogP contribution in [0.2, 0.25) is 0 Å². The van der Waals surface area contributed by atoms with Gasteiger partial charge in [-0.15, -0.1) is 0 Å².